The molecule has 0 radical (unpaired) electrons. The van der Waals surface area contributed by atoms with Crippen molar-refractivity contribution < 1.29 is 9.53 Å². The number of carbonyl (C=O) groups is 1. The second kappa shape index (κ2) is 4.89. The lowest BCUT2D eigenvalue weighted by Crippen LogP contribution is -2.11. The van der Waals surface area contributed by atoms with Crippen LogP contribution in [-0.2, 0) is 9.53 Å². The SMILES string of the molecule is COC(=O)CCC1CC(C)SC1C. The average molecular weight is 202 g/mol. The first-order chi connectivity index (χ1) is 6.13. The van der Waals surface area contributed by atoms with Gasteiger partial charge in [-0.2, -0.15) is 11.8 Å². The third-order valence-electron chi connectivity index (χ3n) is 2.69. The van der Waals surface area contributed by atoms with E-state index in [0.717, 1.165) is 11.7 Å². The number of thioether (sulfide) groups is 1. The molecule has 3 unspecified atom stereocenters. The lowest BCUT2D eigenvalue weighted by Gasteiger charge is -2.12. The summed E-state index contributed by atoms with van der Waals surface area (Å²) in [6, 6.07) is 0. The molecule has 2 nitrogen and oxygen atoms in total. The van der Waals surface area contributed by atoms with Gasteiger partial charge in [0.15, 0.2) is 0 Å². The summed E-state index contributed by atoms with van der Waals surface area (Å²) in [6.07, 6.45) is 2.83. The van der Waals surface area contributed by atoms with Gasteiger partial charge in [0.2, 0.25) is 0 Å². The van der Waals surface area contributed by atoms with Crippen molar-refractivity contribution >= 4 is 17.7 Å². The van der Waals surface area contributed by atoms with E-state index in [1.807, 2.05) is 11.8 Å². The van der Waals surface area contributed by atoms with Crippen molar-refractivity contribution in [2.24, 2.45) is 5.92 Å². The highest BCUT2D eigenvalue weighted by Gasteiger charge is 2.29. The predicted octanol–water partition coefficient (Wildman–Crippen LogP) is 2.47. The van der Waals surface area contributed by atoms with Crippen LogP contribution in [0.25, 0.3) is 0 Å². The van der Waals surface area contributed by atoms with Crippen LogP contribution in [-0.4, -0.2) is 23.6 Å². The maximum Gasteiger partial charge on any atom is 0.305 e. The van der Waals surface area contributed by atoms with Crippen LogP contribution < -0.4 is 0 Å². The van der Waals surface area contributed by atoms with E-state index in [-0.39, 0.29) is 5.97 Å². The first kappa shape index (κ1) is 10.9. The van der Waals surface area contributed by atoms with Crippen molar-refractivity contribution in [3.63, 3.8) is 0 Å². The summed E-state index contributed by atoms with van der Waals surface area (Å²) in [7, 11) is 1.46. The highest BCUT2D eigenvalue weighted by Crippen LogP contribution is 2.40. The zero-order chi connectivity index (χ0) is 9.84. The molecule has 0 saturated carbocycles. The van der Waals surface area contributed by atoms with E-state index in [0.29, 0.717) is 17.6 Å². The third-order valence-corrected chi connectivity index (χ3v) is 4.16. The minimum absolute atomic E-state index is 0.0725. The lowest BCUT2D eigenvalue weighted by atomic mass is 9.95. The molecule has 76 valence electrons. The van der Waals surface area contributed by atoms with Crippen molar-refractivity contribution in [3.05, 3.63) is 0 Å². The summed E-state index contributed by atoms with van der Waals surface area (Å²) in [5.41, 5.74) is 0. The van der Waals surface area contributed by atoms with E-state index in [1.54, 1.807) is 0 Å². The molecule has 0 aliphatic carbocycles. The van der Waals surface area contributed by atoms with Gasteiger partial charge in [-0.3, -0.25) is 4.79 Å². The Hall–Kier alpha value is -0.180. The van der Waals surface area contributed by atoms with Crippen LogP contribution in [0.5, 0.6) is 0 Å². The fourth-order valence-corrected chi connectivity index (χ4v) is 3.47. The topological polar surface area (TPSA) is 26.3 Å². The van der Waals surface area contributed by atoms with E-state index < -0.39 is 0 Å². The highest BCUT2D eigenvalue weighted by atomic mass is 32.2. The number of rotatable bonds is 3. The molecule has 0 amide bonds. The van der Waals surface area contributed by atoms with E-state index in [2.05, 4.69) is 18.6 Å². The van der Waals surface area contributed by atoms with Crippen molar-refractivity contribution in [2.45, 2.75) is 43.6 Å². The molecule has 1 rings (SSSR count). The average Bonchev–Trinajstić information content (AvgIpc) is 2.41. The molecule has 1 heterocycles. The Kier molecular flexibility index (Phi) is 4.10. The van der Waals surface area contributed by atoms with Crippen LogP contribution in [0.2, 0.25) is 0 Å². The largest absolute Gasteiger partial charge is 0.469 e. The minimum atomic E-state index is -0.0725. The number of carbonyl (C=O) groups excluding carboxylic acids is 1. The molecule has 1 saturated heterocycles. The maximum absolute atomic E-state index is 10.9. The fourth-order valence-electron chi connectivity index (χ4n) is 1.91. The summed E-state index contributed by atoms with van der Waals surface area (Å²) in [5, 5.41) is 1.47. The molecule has 1 aliphatic rings. The zero-order valence-corrected chi connectivity index (χ0v) is 9.39. The first-order valence-electron chi connectivity index (χ1n) is 4.85. The Bertz CT molecular complexity index is 182. The van der Waals surface area contributed by atoms with Gasteiger partial charge in [-0.25, -0.2) is 0 Å². The molecule has 0 N–H and O–H groups in total. The van der Waals surface area contributed by atoms with Crippen molar-refractivity contribution in [1.29, 1.82) is 0 Å². The molecule has 1 aliphatic heterocycles. The van der Waals surface area contributed by atoms with E-state index >= 15 is 0 Å². The summed E-state index contributed by atoms with van der Waals surface area (Å²) in [6.45, 7) is 4.52. The zero-order valence-electron chi connectivity index (χ0n) is 8.58. The number of hydrogen-bond donors (Lipinski definition) is 0. The Balaban J connectivity index is 2.25. The van der Waals surface area contributed by atoms with E-state index in [4.69, 9.17) is 0 Å². The lowest BCUT2D eigenvalue weighted by molar-refractivity contribution is -0.140. The van der Waals surface area contributed by atoms with Gasteiger partial charge >= 0.3 is 5.97 Å². The fraction of sp³-hybridized carbons (Fsp3) is 0.900. The van der Waals surface area contributed by atoms with Crippen LogP contribution in [0.1, 0.15) is 33.1 Å². The Labute approximate surface area is 84.4 Å². The van der Waals surface area contributed by atoms with Gasteiger partial charge in [-0.1, -0.05) is 13.8 Å². The number of methoxy groups -OCH3 is 1. The minimum Gasteiger partial charge on any atom is -0.469 e. The van der Waals surface area contributed by atoms with Gasteiger partial charge in [0, 0.05) is 16.9 Å². The van der Waals surface area contributed by atoms with E-state index in [1.165, 1.54) is 13.5 Å². The first-order valence-corrected chi connectivity index (χ1v) is 5.80. The van der Waals surface area contributed by atoms with Gasteiger partial charge in [-0.15, -0.1) is 0 Å². The molecule has 0 bridgehead atoms. The molecule has 0 aromatic carbocycles. The number of esters is 1. The quantitative estimate of drug-likeness (QED) is 0.658. The Morgan fingerprint density at radius 3 is 2.69 bits per heavy atom. The second-order valence-corrected chi connectivity index (χ2v) is 5.58. The molecule has 3 heteroatoms. The van der Waals surface area contributed by atoms with Crippen LogP contribution in [0.4, 0.5) is 0 Å². The van der Waals surface area contributed by atoms with Crippen molar-refractivity contribution in [3.8, 4) is 0 Å². The molecule has 1 fully saturated rings. The molecule has 3 atom stereocenters. The molecular weight excluding hydrogens is 184 g/mol. The third kappa shape index (κ3) is 3.22. The van der Waals surface area contributed by atoms with E-state index in [9.17, 15) is 4.79 Å². The van der Waals surface area contributed by atoms with Crippen LogP contribution >= 0.6 is 11.8 Å². The summed E-state index contributed by atoms with van der Waals surface area (Å²) >= 11 is 2.04. The van der Waals surface area contributed by atoms with Gasteiger partial charge in [0.05, 0.1) is 7.11 Å². The molecule has 13 heavy (non-hydrogen) atoms. The Morgan fingerprint density at radius 1 is 1.54 bits per heavy atom. The van der Waals surface area contributed by atoms with Gasteiger partial charge in [0.25, 0.3) is 0 Å². The van der Waals surface area contributed by atoms with Crippen LogP contribution in [0.3, 0.4) is 0 Å². The molecule has 0 aromatic rings. The standard InChI is InChI=1S/C10H18O2S/c1-7-6-9(8(2)13-7)4-5-10(11)12-3/h7-9H,4-6H2,1-3H3. The predicted molar refractivity (Wildman–Crippen MR) is 55.9 cm³/mol. The summed E-state index contributed by atoms with van der Waals surface area (Å²) in [4.78, 5) is 10.9. The van der Waals surface area contributed by atoms with Crippen molar-refractivity contribution in [2.75, 3.05) is 7.11 Å². The van der Waals surface area contributed by atoms with Gasteiger partial charge in [0.1, 0.15) is 0 Å². The smallest absolute Gasteiger partial charge is 0.305 e. The highest BCUT2D eigenvalue weighted by molar-refractivity contribution is 8.00. The number of hydrogen-bond acceptors (Lipinski definition) is 3. The molecular formula is C10H18O2S. The maximum atomic E-state index is 10.9. The normalized spacial score (nSPS) is 33.3. The Morgan fingerprint density at radius 2 is 2.23 bits per heavy atom. The number of ether oxygens (including phenoxy) is 1. The molecule has 0 spiro atoms. The second-order valence-electron chi connectivity index (χ2n) is 3.76. The summed E-state index contributed by atoms with van der Waals surface area (Å²) in [5.74, 6) is 0.635. The van der Waals surface area contributed by atoms with Crippen LogP contribution in [0.15, 0.2) is 0 Å². The van der Waals surface area contributed by atoms with Gasteiger partial charge in [-0.05, 0) is 18.8 Å². The van der Waals surface area contributed by atoms with Gasteiger partial charge < -0.3 is 4.74 Å². The van der Waals surface area contributed by atoms with Crippen molar-refractivity contribution in [1.82, 2.24) is 0 Å². The monoisotopic (exact) mass is 202 g/mol. The summed E-state index contributed by atoms with van der Waals surface area (Å²) < 4.78 is 4.63. The van der Waals surface area contributed by atoms with Crippen LogP contribution in [0, 0.1) is 5.92 Å². The molecule has 0 aromatic heterocycles.